The van der Waals surface area contributed by atoms with E-state index < -0.39 is 0 Å². The van der Waals surface area contributed by atoms with E-state index >= 15 is 0 Å². The number of nitrogen functional groups attached to an aromatic ring is 1. The van der Waals surface area contributed by atoms with Crippen molar-refractivity contribution in [1.82, 2.24) is 14.8 Å². The summed E-state index contributed by atoms with van der Waals surface area (Å²) >= 11 is 0. The lowest BCUT2D eigenvalue weighted by molar-refractivity contribution is 0.415. The number of anilines is 4. The highest BCUT2D eigenvalue weighted by molar-refractivity contribution is 6.09. The van der Waals surface area contributed by atoms with E-state index in [4.69, 9.17) is 10.5 Å². The Morgan fingerprint density at radius 2 is 1.46 bits per heavy atom. The number of aryl methyl sites for hydroxylation is 1. The van der Waals surface area contributed by atoms with Crippen molar-refractivity contribution < 1.29 is 9.13 Å². The highest BCUT2D eigenvalue weighted by Crippen LogP contribution is 2.42. The minimum atomic E-state index is -0.222. The van der Waals surface area contributed by atoms with Crippen molar-refractivity contribution in [2.24, 2.45) is 0 Å². The van der Waals surface area contributed by atoms with Crippen molar-refractivity contribution in [3.05, 3.63) is 60.0 Å². The third-order valence-corrected chi connectivity index (χ3v) is 6.59. The lowest BCUT2D eigenvalue weighted by atomic mass is 10.2. The van der Waals surface area contributed by atoms with Gasteiger partial charge in [0.15, 0.2) is 5.82 Å². The smallest absolute Gasteiger partial charge is 0.163 e. The number of rotatable bonds is 5. The average molecular weight is 476 g/mol. The van der Waals surface area contributed by atoms with Crippen molar-refractivity contribution in [1.29, 1.82) is 0 Å². The zero-order chi connectivity index (χ0) is 24.7. The van der Waals surface area contributed by atoms with Crippen LogP contribution in [0.2, 0.25) is 0 Å². The molecule has 182 valence electrons. The predicted molar refractivity (Wildman–Crippen MR) is 140 cm³/mol. The molecule has 2 aromatic carbocycles. The summed E-state index contributed by atoms with van der Waals surface area (Å²) in [7, 11) is 5.68. The second-order valence-electron chi connectivity index (χ2n) is 8.95. The van der Waals surface area contributed by atoms with Crippen molar-refractivity contribution in [3.63, 3.8) is 0 Å². The van der Waals surface area contributed by atoms with Gasteiger partial charge in [-0.25, -0.2) is 4.39 Å². The normalized spacial score (nSPS) is 14.0. The van der Waals surface area contributed by atoms with Crippen LogP contribution >= 0.6 is 0 Å². The molecule has 1 fully saturated rings. The quantitative estimate of drug-likeness (QED) is 0.470. The number of ether oxygens (including phenoxy) is 1. The molecule has 0 bridgehead atoms. The summed E-state index contributed by atoms with van der Waals surface area (Å²) in [5, 5.41) is 11.0. The highest BCUT2D eigenvalue weighted by atomic mass is 19.1. The van der Waals surface area contributed by atoms with Crippen LogP contribution in [0.25, 0.3) is 16.5 Å². The molecule has 9 heteroatoms. The SMILES string of the molecule is COc1ccc(-n2c(N)c3c(C)nnc(N4CCN(c5ccc(F)cc5)CC4)c3c2N(C)C)cc1. The van der Waals surface area contributed by atoms with Crippen LogP contribution in [-0.2, 0) is 0 Å². The number of nitrogens with two attached hydrogens (primary N) is 1. The third kappa shape index (κ3) is 3.96. The molecule has 0 amide bonds. The Morgan fingerprint density at radius 3 is 2.06 bits per heavy atom. The molecule has 0 saturated carbocycles. The van der Waals surface area contributed by atoms with Crippen LogP contribution < -0.4 is 25.2 Å². The Balaban J connectivity index is 1.57. The Labute approximate surface area is 204 Å². The molecule has 35 heavy (non-hydrogen) atoms. The molecular weight excluding hydrogens is 445 g/mol. The summed E-state index contributed by atoms with van der Waals surface area (Å²) < 4.78 is 20.7. The first-order valence-corrected chi connectivity index (χ1v) is 11.6. The molecule has 0 spiro atoms. The van der Waals surface area contributed by atoms with Gasteiger partial charge in [-0.3, -0.25) is 4.57 Å². The van der Waals surface area contributed by atoms with E-state index in [1.807, 2.05) is 57.4 Å². The average Bonchev–Trinajstić information content (AvgIpc) is 3.19. The van der Waals surface area contributed by atoms with E-state index in [2.05, 4.69) is 29.5 Å². The lowest BCUT2D eigenvalue weighted by Crippen LogP contribution is -2.47. The summed E-state index contributed by atoms with van der Waals surface area (Å²) in [6.07, 6.45) is 0. The van der Waals surface area contributed by atoms with Gasteiger partial charge >= 0.3 is 0 Å². The van der Waals surface area contributed by atoms with Crippen LogP contribution in [0.1, 0.15) is 5.69 Å². The van der Waals surface area contributed by atoms with Gasteiger partial charge in [0.05, 0.1) is 23.6 Å². The molecule has 2 aromatic heterocycles. The zero-order valence-corrected chi connectivity index (χ0v) is 20.5. The van der Waals surface area contributed by atoms with Gasteiger partial charge < -0.3 is 25.2 Å². The van der Waals surface area contributed by atoms with E-state index in [0.29, 0.717) is 5.82 Å². The Hall–Kier alpha value is -4.01. The van der Waals surface area contributed by atoms with E-state index in [0.717, 1.165) is 71.4 Å². The van der Waals surface area contributed by atoms with Crippen LogP contribution in [0.4, 0.5) is 27.5 Å². The van der Waals surface area contributed by atoms with Gasteiger partial charge in [-0.05, 0) is 55.5 Å². The third-order valence-electron chi connectivity index (χ3n) is 6.59. The number of methoxy groups -OCH3 is 1. The van der Waals surface area contributed by atoms with Crippen molar-refractivity contribution in [2.75, 3.05) is 67.8 Å². The number of hydrogen-bond acceptors (Lipinski definition) is 7. The topological polar surface area (TPSA) is 75.7 Å². The van der Waals surface area contributed by atoms with Gasteiger partial charge in [-0.15, -0.1) is 5.10 Å². The number of aromatic nitrogens is 3. The standard InChI is InChI=1S/C26H30FN7O/c1-17-22-23(26(31(2)3)34(24(22)28)20-9-11-21(35-4)12-10-20)25(30-29-17)33-15-13-32(14-16-33)19-7-5-18(27)6-8-19/h5-12H,13-16,28H2,1-4H3. The molecule has 0 aliphatic carbocycles. The van der Waals surface area contributed by atoms with Crippen LogP contribution in [0.5, 0.6) is 5.75 Å². The van der Waals surface area contributed by atoms with Crippen LogP contribution in [0.3, 0.4) is 0 Å². The van der Waals surface area contributed by atoms with Gasteiger partial charge in [0.1, 0.15) is 23.2 Å². The summed E-state index contributed by atoms with van der Waals surface area (Å²) in [4.78, 5) is 6.60. The van der Waals surface area contributed by atoms with Gasteiger partial charge in [-0.2, -0.15) is 5.10 Å². The van der Waals surface area contributed by atoms with E-state index in [1.54, 1.807) is 7.11 Å². The molecule has 1 aliphatic heterocycles. The fourth-order valence-corrected chi connectivity index (χ4v) is 4.84. The van der Waals surface area contributed by atoms with Gasteiger partial charge in [-0.1, -0.05) is 0 Å². The number of hydrogen-bond donors (Lipinski definition) is 1. The van der Waals surface area contributed by atoms with E-state index in [1.165, 1.54) is 12.1 Å². The molecular formula is C26H30FN7O. The van der Waals surface area contributed by atoms with Gasteiger partial charge in [0.25, 0.3) is 0 Å². The van der Waals surface area contributed by atoms with Crippen molar-refractivity contribution in [3.8, 4) is 11.4 Å². The first-order valence-electron chi connectivity index (χ1n) is 11.6. The second-order valence-corrected chi connectivity index (χ2v) is 8.95. The fraction of sp³-hybridized carbons (Fsp3) is 0.308. The molecule has 0 atom stereocenters. The number of benzene rings is 2. The van der Waals surface area contributed by atoms with E-state index in [9.17, 15) is 4.39 Å². The monoisotopic (exact) mass is 475 g/mol. The minimum absolute atomic E-state index is 0.222. The predicted octanol–water partition coefficient (Wildman–Crippen LogP) is 3.85. The Bertz CT molecular complexity index is 1340. The fourth-order valence-electron chi connectivity index (χ4n) is 4.84. The first-order chi connectivity index (χ1) is 16.9. The molecule has 0 radical (unpaired) electrons. The second kappa shape index (κ2) is 8.98. The van der Waals surface area contributed by atoms with Crippen molar-refractivity contribution >= 4 is 33.9 Å². The summed E-state index contributed by atoms with van der Waals surface area (Å²) in [6, 6.07) is 14.5. The van der Waals surface area contributed by atoms with Crippen LogP contribution in [0, 0.1) is 12.7 Å². The van der Waals surface area contributed by atoms with E-state index in [-0.39, 0.29) is 5.82 Å². The van der Waals surface area contributed by atoms with Crippen LogP contribution in [-0.4, -0.2) is 62.1 Å². The highest BCUT2D eigenvalue weighted by Gasteiger charge is 2.28. The molecule has 4 aromatic rings. The maximum Gasteiger partial charge on any atom is 0.163 e. The molecule has 3 heterocycles. The molecule has 2 N–H and O–H groups in total. The Morgan fingerprint density at radius 1 is 0.857 bits per heavy atom. The molecule has 1 aliphatic rings. The minimum Gasteiger partial charge on any atom is -0.497 e. The largest absolute Gasteiger partial charge is 0.497 e. The number of fused-ring (bicyclic) bond motifs is 1. The van der Waals surface area contributed by atoms with Crippen LogP contribution in [0.15, 0.2) is 48.5 Å². The summed E-state index contributed by atoms with van der Waals surface area (Å²) in [5.74, 6) is 2.98. The number of piperazine rings is 1. The number of nitrogens with zero attached hydrogens (tertiary/aromatic N) is 6. The number of halogens is 1. The first kappa shape index (κ1) is 22.8. The lowest BCUT2D eigenvalue weighted by Gasteiger charge is -2.37. The molecule has 0 unspecified atom stereocenters. The van der Waals surface area contributed by atoms with Crippen molar-refractivity contribution in [2.45, 2.75) is 6.92 Å². The maximum atomic E-state index is 13.4. The molecule has 8 nitrogen and oxygen atoms in total. The molecule has 5 rings (SSSR count). The maximum absolute atomic E-state index is 13.4. The summed E-state index contributed by atoms with van der Waals surface area (Å²) in [6.45, 7) is 5.08. The van der Waals surface area contributed by atoms with Gasteiger partial charge in [0, 0.05) is 51.6 Å². The summed E-state index contributed by atoms with van der Waals surface area (Å²) in [5.41, 5.74) is 9.53. The molecule has 1 saturated heterocycles. The zero-order valence-electron chi connectivity index (χ0n) is 20.5. The van der Waals surface area contributed by atoms with Gasteiger partial charge in [0.2, 0.25) is 0 Å². The Kier molecular flexibility index (Phi) is 5.84.